The van der Waals surface area contributed by atoms with E-state index in [1.54, 1.807) is 0 Å². The summed E-state index contributed by atoms with van der Waals surface area (Å²) < 4.78 is 1.11. The molecule has 1 unspecified atom stereocenters. The van der Waals surface area contributed by atoms with Gasteiger partial charge in [-0.25, -0.2) is 0 Å². The van der Waals surface area contributed by atoms with Gasteiger partial charge >= 0.3 is 0 Å². The van der Waals surface area contributed by atoms with Crippen LogP contribution in [0.25, 0.3) is 0 Å². The highest BCUT2D eigenvalue weighted by atomic mass is 79.9. The average molecular weight is 327 g/mol. The Hall–Kier alpha value is -0.830. The van der Waals surface area contributed by atoms with Crippen molar-refractivity contribution in [3.63, 3.8) is 0 Å². The van der Waals surface area contributed by atoms with Crippen molar-refractivity contribution >= 4 is 28.3 Å². The molecule has 2 aromatic rings. The quantitative estimate of drug-likeness (QED) is 0.888. The van der Waals surface area contributed by atoms with Crippen LogP contribution < -0.4 is 5.73 Å². The molecule has 0 aromatic heterocycles. The highest BCUT2D eigenvalue weighted by molar-refractivity contribution is 9.10. The zero-order chi connectivity index (χ0) is 12.1. The van der Waals surface area contributed by atoms with Crippen LogP contribution in [0.3, 0.4) is 0 Å². The van der Waals surface area contributed by atoms with Crippen molar-refractivity contribution in [2.45, 2.75) is 12.3 Å². The lowest BCUT2D eigenvalue weighted by molar-refractivity contribution is 0.726. The smallest absolute Gasteiger partial charge is 0.0175 e. The first kappa shape index (κ1) is 15.2. The summed E-state index contributed by atoms with van der Waals surface area (Å²) in [6.07, 6.45) is 0.978. The SMILES string of the molecule is Cl.NCCC(c1ccccc1)c1ccc(Br)cc1. The molecule has 0 radical (unpaired) electrons. The fourth-order valence-electron chi connectivity index (χ4n) is 2.07. The van der Waals surface area contributed by atoms with Crippen molar-refractivity contribution in [2.75, 3.05) is 6.54 Å². The molecule has 0 amide bonds. The van der Waals surface area contributed by atoms with Crippen LogP contribution in [0.4, 0.5) is 0 Å². The van der Waals surface area contributed by atoms with Crippen molar-refractivity contribution < 1.29 is 0 Å². The van der Waals surface area contributed by atoms with Crippen LogP contribution in [0.5, 0.6) is 0 Å². The summed E-state index contributed by atoms with van der Waals surface area (Å²) in [6, 6.07) is 19.0. The number of rotatable bonds is 4. The summed E-state index contributed by atoms with van der Waals surface area (Å²) in [7, 11) is 0. The van der Waals surface area contributed by atoms with Crippen molar-refractivity contribution in [3.8, 4) is 0 Å². The molecular formula is C15H17BrClN. The third-order valence-electron chi connectivity index (χ3n) is 2.93. The van der Waals surface area contributed by atoms with E-state index in [2.05, 4.69) is 64.5 Å². The second-order valence-corrected chi connectivity index (χ2v) is 5.01. The molecule has 1 nitrogen and oxygen atoms in total. The Morgan fingerprint density at radius 2 is 1.44 bits per heavy atom. The van der Waals surface area contributed by atoms with Gasteiger partial charge in [-0.2, -0.15) is 0 Å². The van der Waals surface area contributed by atoms with Gasteiger partial charge in [0.2, 0.25) is 0 Å². The molecule has 2 N–H and O–H groups in total. The van der Waals surface area contributed by atoms with E-state index in [4.69, 9.17) is 5.73 Å². The minimum Gasteiger partial charge on any atom is -0.330 e. The summed E-state index contributed by atoms with van der Waals surface area (Å²) in [4.78, 5) is 0. The third kappa shape index (κ3) is 3.84. The first-order valence-corrected chi connectivity index (χ1v) is 6.61. The monoisotopic (exact) mass is 325 g/mol. The summed E-state index contributed by atoms with van der Waals surface area (Å²) in [5.41, 5.74) is 8.38. The third-order valence-corrected chi connectivity index (χ3v) is 3.46. The minimum absolute atomic E-state index is 0. The van der Waals surface area contributed by atoms with Crippen LogP contribution in [0.1, 0.15) is 23.5 Å². The van der Waals surface area contributed by atoms with Gasteiger partial charge in [-0.1, -0.05) is 58.4 Å². The Balaban J connectivity index is 0.00000162. The lowest BCUT2D eigenvalue weighted by atomic mass is 9.89. The largest absolute Gasteiger partial charge is 0.330 e. The van der Waals surface area contributed by atoms with Gasteiger partial charge in [0.1, 0.15) is 0 Å². The normalized spacial score (nSPS) is 11.7. The standard InChI is InChI=1S/C15H16BrN.ClH/c16-14-8-6-13(7-9-14)15(10-11-17)12-4-2-1-3-5-12;/h1-9,15H,10-11,17H2;1H. The Morgan fingerprint density at radius 3 is 2.00 bits per heavy atom. The van der Waals surface area contributed by atoms with E-state index in [9.17, 15) is 0 Å². The molecule has 0 saturated heterocycles. The molecule has 2 rings (SSSR count). The topological polar surface area (TPSA) is 26.0 Å². The van der Waals surface area contributed by atoms with Gasteiger partial charge in [-0.05, 0) is 36.2 Å². The Labute approximate surface area is 123 Å². The average Bonchev–Trinajstić information content (AvgIpc) is 2.38. The number of nitrogens with two attached hydrogens (primary N) is 1. The number of hydrogen-bond donors (Lipinski definition) is 1. The zero-order valence-electron chi connectivity index (χ0n) is 10.1. The summed E-state index contributed by atoms with van der Waals surface area (Å²) >= 11 is 3.47. The minimum atomic E-state index is 0. The van der Waals surface area contributed by atoms with Gasteiger partial charge in [-0.15, -0.1) is 12.4 Å². The van der Waals surface area contributed by atoms with E-state index < -0.39 is 0 Å². The maximum Gasteiger partial charge on any atom is 0.0175 e. The van der Waals surface area contributed by atoms with Crippen molar-refractivity contribution in [3.05, 3.63) is 70.2 Å². The zero-order valence-corrected chi connectivity index (χ0v) is 12.5. The highest BCUT2D eigenvalue weighted by Gasteiger charge is 2.12. The molecule has 3 heteroatoms. The predicted molar refractivity (Wildman–Crippen MR) is 83.3 cm³/mol. The summed E-state index contributed by atoms with van der Waals surface area (Å²) in [5.74, 6) is 0.397. The Morgan fingerprint density at radius 1 is 0.889 bits per heavy atom. The predicted octanol–water partition coefficient (Wildman–Crippen LogP) is 4.35. The Bertz CT molecular complexity index is 456. The molecule has 0 saturated carbocycles. The van der Waals surface area contributed by atoms with E-state index in [1.807, 2.05) is 6.07 Å². The van der Waals surface area contributed by atoms with Crippen molar-refractivity contribution in [2.24, 2.45) is 5.73 Å². The highest BCUT2D eigenvalue weighted by Crippen LogP contribution is 2.28. The molecule has 0 fully saturated rings. The van der Waals surface area contributed by atoms with Crippen LogP contribution in [0.15, 0.2) is 59.1 Å². The van der Waals surface area contributed by atoms with Crippen LogP contribution in [0.2, 0.25) is 0 Å². The van der Waals surface area contributed by atoms with Crippen LogP contribution in [-0.2, 0) is 0 Å². The van der Waals surface area contributed by atoms with Crippen LogP contribution in [-0.4, -0.2) is 6.54 Å². The van der Waals surface area contributed by atoms with E-state index in [-0.39, 0.29) is 12.4 Å². The maximum atomic E-state index is 5.72. The van der Waals surface area contributed by atoms with Crippen LogP contribution in [0, 0.1) is 0 Å². The molecule has 96 valence electrons. The van der Waals surface area contributed by atoms with E-state index in [0.29, 0.717) is 12.5 Å². The molecule has 0 aliphatic carbocycles. The van der Waals surface area contributed by atoms with Crippen LogP contribution >= 0.6 is 28.3 Å². The molecule has 1 atom stereocenters. The van der Waals surface area contributed by atoms with E-state index in [1.165, 1.54) is 11.1 Å². The summed E-state index contributed by atoms with van der Waals surface area (Å²) in [5, 5.41) is 0. The van der Waals surface area contributed by atoms with Gasteiger partial charge in [0.05, 0.1) is 0 Å². The molecule has 0 heterocycles. The number of hydrogen-bond acceptors (Lipinski definition) is 1. The molecular weight excluding hydrogens is 310 g/mol. The van der Waals surface area contributed by atoms with Crippen molar-refractivity contribution in [1.82, 2.24) is 0 Å². The summed E-state index contributed by atoms with van der Waals surface area (Å²) in [6.45, 7) is 0.704. The number of benzene rings is 2. The molecule has 0 aliphatic rings. The molecule has 0 aliphatic heterocycles. The molecule has 0 spiro atoms. The molecule has 2 aromatic carbocycles. The van der Waals surface area contributed by atoms with Gasteiger partial charge < -0.3 is 5.73 Å². The molecule has 18 heavy (non-hydrogen) atoms. The molecule has 0 bridgehead atoms. The lowest BCUT2D eigenvalue weighted by Gasteiger charge is -2.17. The van der Waals surface area contributed by atoms with Gasteiger partial charge in [0.15, 0.2) is 0 Å². The first-order valence-electron chi connectivity index (χ1n) is 5.81. The lowest BCUT2D eigenvalue weighted by Crippen LogP contribution is -2.08. The van der Waals surface area contributed by atoms with Gasteiger partial charge in [0, 0.05) is 10.4 Å². The van der Waals surface area contributed by atoms with Gasteiger partial charge in [0.25, 0.3) is 0 Å². The maximum absolute atomic E-state index is 5.72. The second kappa shape index (κ2) is 7.57. The fraction of sp³-hybridized carbons (Fsp3) is 0.200. The second-order valence-electron chi connectivity index (χ2n) is 4.09. The van der Waals surface area contributed by atoms with E-state index in [0.717, 1.165) is 10.9 Å². The fourth-order valence-corrected chi connectivity index (χ4v) is 2.34. The van der Waals surface area contributed by atoms with Gasteiger partial charge in [-0.3, -0.25) is 0 Å². The van der Waals surface area contributed by atoms with E-state index >= 15 is 0 Å². The Kier molecular flexibility index (Phi) is 6.41. The van der Waals surface area contributed by atoms with Crippen molar-refractivity contribution in [1.29, 1.82) is 0 Å². The first-order chi connectivity index (χ1) is 8.31. The number of halogens is 2.